The fourth-order valence-electron chi connectivity index (χ4n) is 1.79. The van der Waals surface area contributed by atoms with Crippen LogP contribution in [0.2, 0.25) is 0 Å². The molecule has 0 amide bonds. The third-order valence-corrected chi connectivity index (χ3v) is 2.65. The lowest BCUT2D eigenvalue weighted by atomic mass is 9.94. The first kappa shape index (κ1) is 10.4. The molecule has 0 bridgehead atoms. The van der Waals surface area contributed by atoms with E-state index in [9.17, 15) is 0 Å². The molecule has 1 aliphatic heterocycles. The van der Waals surface area contributed by atoms with Gasteiger partial charge in [-0.15, -0.1) is 0 Å². The molecule has 1 heterocycles. The second-order valence-corrected chi connectivity index (χ2v) is 3.59. The Labute approximate surface area is 80.5 Å². The second kappa shape index (κ2) is 5.12. The Morgan fingerprint density at radius 2 is 2.00 bits per heavy atom. The molecule has 13 heavy (non-hydrogen) atoms. The third kappa shape index (κ3) is 2.92. The van der Waals surface area contributed by atoms with E-state index in [4.69, 9.17) is 0 Å². The van der Waals surface area contributed by atoms with Crippen LogP contribution < -0.4 is 0 Å². The smallest absolute Gasteiger partial charge is 0.0615 e. The average molecular weight is 181 g/mol. The predicted molar refractivity (Wildman–Crippen MR) is 54.8 cm³/mol. The highest BCUT2D eigenvalue weighted by Gasteiger charge is 2.19. The summed E-state index contributed by atoms with van der Waals surface area (Å²) < 4.78 is 0. The summed E-state index contributed by atoms with van der Waals surface area (Å²) in [4.78, 5) is 2.37. The molecule has 0 aliphatic carbocycles. The number of allylic oxidation sites excluding steroid dienone is 2. The first-order valence-electron chi connectivity index (χ1n) is 4.92. The van der Waals surface area contributed by atoms with E-state index in [2.05, 4.69) is 28.3 Å². The van der Waals surface area contributed by atoms with Gasteiger partial charge in [0.1, 0.15) is 0 Å². The van der Waals surface area contributed by atoms with Crippen LogP contribution in [-0.4, -0.2) is 32.1 Å². The van der Waals surface area contributed by atoms with Crippen molar-refractivity contribution in [2.45, 2.75) is 19.8 Å². The van der Waals surface area contributed by atoms with Crippen LogP contribution in [-0.2, 0) is 0 Å². The lowest BCUT2D eigenvalue weighted by Gasteiger charge is -2.28. The van der Waals surface area contributed by atoms with Crippen molar-refractivity contribution in [1.82, 2.24) is 4.90 Å². The number of likely N-dealkylation sites (tertiary alicyclic amines) is 1. The van der Waals surface area contributed by atoms with Gasteiger partial charge < -0.3 is 4.90 Å². The molecule has 0 radical (unpaired) electrons. The van der Waals surface area contributed by atoms with Gasteiger partial charge in [-0.2, -0.15) is 10.2 Å². The number of rotatable bonds is 2. The maximum absolute atomic E-state index is 4.16. The van der Waals surface area contributed by atoms with Crippen LogP contribution >= 0.6 is 0 Å². The highest BCUT2D eigenvalue weighted by molar-refractivity contribution is 5.04. The molecule has 0 aromatic heterocycles. The van der Waals surface area contributed by atoms with Gasteiger partial charge in [-0.1, -0.05) is 6.08 Å². The Morgan fingerprint density at radius 1 is 1.38 bits per heavy atom. The highest BCUT2D eigenvalue weighted by Crippen LogP contribution is 2.24. The fourth-order valence-corrected chi connectivity index (χ4v) is 1.79. The van der Waals surface area contributed by atoms with Crippen molar-refractivity contribution < 1.29 is 0 Å². The molecule has 1 aliphatic rings. The normalized spacial score (nSPS) is 22.8. The summed E-state index contributed by atoms with van der Waals surface area (Å²) in [6.45, 7) is 4.41. The molecule has 0 aromatic rings. The lowest BCUT2D eigenvalue weighted by molar-refractivity contribution is 0.236. The largest absolute Gasteiger partial charge is 0.306 e. The molecule has 3 heteroatoms. The summed E-state index contributed by atoms with van der Waals surface area (Å²) in [5.74, 6) is 0.630. The van der Waals surface area contributed by atoms with E-state index < -0.39 is 0 Å². The molecule has 3 nitrogen and oxygen atoms in total. The van der Waals surface area contributed by atoms with Crippen molar-refractivity contribution in [2.24, 2.45) is 16.1 Å². The van der Waals surface area contributed by atoms with E-state index in [1.54, 1.807) is 7.05 Å². The zero-order valence-corrected chi connectivity index (χ0v) is 8.82. The summed E-state index contributed by atoms with van der Waals surface area (Å²) in [5.41, 5.74) is 1.16. The van der Waals surface area contributed by atoms with E-state index in [-0.39, 0.29) is 0 Å². The molecule has 0 saturated carbocycles. The van der Waals surface area contributed by atoms with Crippen LogP contribution in [0.15, 0.2) is 22.0 Å². The van der Waals surface area contributed by atoms with E-state index in [0.717, 1.165) is 5.70 Å². The second-order valence-electron chi connectivity index (χ2n) is 3.59. The van der Waals surface area contributed by atoms with Gasteiger partial charge in [0.15, 0.2) is 0 Å². The summed E-state index contributed by atoms with van der Waals surface area (Å²) >= 11 is 0. The molecule has 1 fully saturated rings. The van der Waals surface area contributed by atoms with Crippen molar-refractivity contribution in [3.05, 3.63) is 11.8 Å². The summed E-state index contributed by atoms with van der Waals surface area (Å²) in [6.07, 6.45) is 4.52. The van der Waals surface area contributed by atoms with Gasteiger partial charge in [0.05, 0.1) is 5.70 Å². The van der Waals surface area contributed by atoms with E-state index in [0.29, 0.717) is 5.92 Å². The first-order valence-corrected chi connectivity index (χ1v) is 4.92. The van der Waals surface area contributed by atoms with Crippen molar-refractivity contribution in [3.63, 3.8) is 0 Å². The van der Waals surface area contributed by atoms with Crippen LogP contribution in [0.3, 0.4) is 0 Å². The minimum atomic E-state index is 0.630. The summed E-state index contributed by atoms with van der Waals surface area (Å²) in [5, 5.41) is 8.00. The number of azo groups is 1. The number of nitrogens with zero attached hydrogens (tertiary/aromatic N) is 3. The van der Waals surface area contributed by atoms with E-state index >= 15 is 0 Å². The maximum atomic E-state index is 4.16. The Balaban J connectivity index is 2.52. The quantitative estimate of drug-likeness (QED) is 0.601. The zero-order chi connectivity index (χ0) is 9.68. The van der Waals surface area contributed by atoms with Gasteiger partial charge >= 0.3 is 0 Å². The third-order valence-electron chi connectivity index (χ3n) is 2.65. The van der Waals surface area contributed by atoms with Gasteiger partial charge in [0.2, 0.25) is 0 Å². The van der Waals surface area contributed by atoms with Gasteiger partial charge in [0.25, 0.3) is 0 Å². The summed E-state index contributed by atoms with van der Waals surface area (Å²) in [7, 11) is 3.91. The highest BCUT2D eigenvalue weighted by atomic mass is 15.1. The van der Waals surface area contributed by atoms with Crippen LogP contribution in [0, 0.1) is 5.92 Å². The lowest BCUT2D eigenvalue weighted by Crippen LogP contribution is -2.30. The molecule has 0 N–H and O–H groups in total. The van der Waals surface area contributed by atoms with E-state index in [1.165, 1.54) is 25.9 Å². The first-order chi connectivity index (χ1) is 6.27. The van der Waals surface area contributed by atoms with Crippen molar-refractivity contribution >= 4 is 0 Å². The molecule has 1 rings (SSSR count). The topological polar surface area (TPSA) is 28.0 Å². The molecular weight excluding hydrogens is 162 g/mol. The number of hydrogen-bond donors (Lipinski definition) is 0. The minimum absolute atomic E-state index is 0.630. The van der Waals surface area contributed by atoms with Gasteiger partial charge in [-0.25, -0.2) is 0 Å². The van der Waals surface area contributed by atoms with Crippen LogP contribution in [0.5, 0.6) is 0 Å². The number of hydrogen-bond acceptors (Lipinski definition) is 3. The minimum Gasteiger partial charge on any atom is -0.306 e. The Bertz CT molecular complexity index is 200. The Kier molecular flexibility index (Phi) is 4.09. The summed E-state index contributed by atoms with van der Waals surface area (Å²) in [6, 6.07) is 0. The standard InChI is InChI=1S/C10H19N3/c1-4-10(12-11-2)9-5-7-13(3)8-6-9/h4,9H,5-8H2,1-3H3/b10-4-,12-11?. The average Bonchev–Trinajstić information content (AvgIpc) is 2.16. The fraction of sp³-hybridized carbons (Fsp3) is 0.800. The van der Waals surface area contributed by atoms with Gasteiger partial charge in [0, 0.05) is 13.0 Å². The predicted octanol–water partition coefficient (Wildman–Crippen LogP) is 2.31. The molecule has 0 aromatic carbocycles. The Hall–Kier alpha value is -0.700. The maximum Gasteiger partial charge on any atom is 0.0615 e. The van der Waals surface area contributed by atoms with Gasteiger partial charge in [-0.3, -0.25) is 0 Å². The SMILES string of the molecule is C/C=C(\N=NC)C1CCN(C)CC1. The molecule has 0 spiro atoms. The molecule has 0 unspecified atom stereocenters. The van der Waals surface area contributed by atoms with Crippen molar-refractivity contribution in [3.8, 4) is 0 Å². The molecule has 0 atom stereocenters. The monoisotopic (exact) mass is 181 g/mol. The van der Waals surface area contributed by atoms with Crippen LogP contribution in [0.1, 0.15) is 19.8 Å². The Morgan fingerprint density at radius 3 is 2.46 bits per heavy atom. The zero-order valence-electron chi connectivity index (χ0n) is 8.82. The van der Waals surface area contributed by atoms with Crippen LogP contribution in [0.4, 0.5) is 0 Å². The number of piperidine rings is 1. The van der Waals surface area contributed by atoms with Crippen molar-refractivity contribution in [1.29, 1.82) is 0 Å². The molecule has 1 saturated heterocycles. The molecule has 74 valence electrons. The van der Waals surface area contributed by atoms with Crippen LogP contribution in [0.25, 0.3) is 0 Å². The van der Waals surface area contributed by atoms with E-state index in [1.807, 2.05) is 6.92 Å². The van der Waals surface area contributed by atoms with Gasteiger partial charge in [-0.05, 0) is 39.9 Å². The van der Waals surface area contributed by atoms with Crippen molar-refractivity contribution in [2.75, 3.05) is 27.2 Å². The molecular formula is C10H19N3.